The van der Waals surface area contributed by atoms with Gasteiger partial charge in [0.05, 0.1) is 0 Å². The van der Waals surface area contributed by atoms with Crippen LogP contribution in [-0.2, 0) is 32.7 Å². The Bertz CT molecular complexity index is 8.36. The summed E-state index contributed by atoms with van der Waals surface area (Å²) in [7, 11) is 0. The van der Waals surface area contributed by atoms with Crippen LogP contribution in [0.1, 0.15) is 20.8 Å². The molecule has 0 amide bonds. The number of hydrogen-bond donors (Lipinski definition) is 0. The quantitative estimate of drug-likeness (QED) is 0.488. The van der Waals surface area contributed by atoms with Crippen LogP contribution >= 0.6 is 0 Å². The van der Waals surface area contributed by atoms with Gasteiger partial charge in [-0.05, 0) is 5.92 Å². The Balaban J connectivity index is 0. The van der Waals surface area contributed by atoms with Crippen LogP contribution in [0.15, 0.2) is 0 Å². The largest absolute Gasteiger partial charge is 0.0630 e. The summed E-state index contributed by atoms with van der Waals surface area (Å²) in [6.45, 7) is 6.50. The van der Waals surface area contributed by atoms with E-state index in [9.17, 15) is 0 Å². The Morgan fingerprint density at radius 3 is 1.00 bits per heavy atom. The van der Waals surface area contributed by atoms with E-state index >= 15 is 0 Å². The molecule has 0 saturated heterocycles. The van der Waals surface area contributed by atoms with Crippen molar-refractivity contribution < 1.29 is 32.7 Å². The van der Waals surface area contributed by atoms with Gasteiger partial charge in [-0.1, -0.05) is 20.8 Å². The van der Waals surface area contributed by atoms with Gasteiger partial charge in [0.1, 0.15) is 0 Å². The van der Waals surface area contributed by atoms with Crippen LogP contribution in [0.4, 0.5) is 0 Å². The summed E-state index contributed by atoms with van der Waals surface area (Å²) in [6, 6.07) is 0. The van der Waals surface area contributed by atoms with Crippen molar-refractivity contribution in [3.63, 3.8) is 0 Å². The molecule has 0 aromatic rings. The smallest absolute Gasteiger partial charge is 0 e. The van der Waals surface area contributed by atoms with Crippen molar-refractivity contribution in [2.75, 3.05) is 0 Å². The van der Waals surface area contributed by atoms with Gasteiger partial charge >= 0.3 is 0 Å². The summed E-state index contributed by atoms with van der Waals surface area (Å²) < 4.78 is 0. The first-order valence-electron chi connectivity index (χ1n) is 1.73. The molecular formula is C4H10Y. The van der Waals surface area contributed by atoms with Crippen LogP contribution < -0.4 is 0 Å². The second-order valence-electron chi connectivity index (χ2n) is 1.73. The number of hydrogen-bond acceptors (Lipinski definition) is 0. The van der Waals surface area contributed by atoms with Crippen molar-refractivity contribution in [2.24, 2.45) is 5.92 Å². The zero-order valence-corrected chi connectivity index (χ0v) is 6.99. The van der Waals surface area contributed by atoms with Crippen LogP contribution in [0.5, 0.6) is 0 Å². The molecule has 0 aliphatic carbocycles. The van der Waals surface area contributed by atoms with E-state index in [1.807, 2.05) is 0 Å². The van der Waals surface area contributed by atoms with Gasteiger partial charge in [0.15, 0.2) is 0 Å². The molecule has 0 bridgehead atoms. The summed E-state index contributed by atoms with van der Waals surface area (Å²) in [6.07, 6.45) is 0. The fraction of sp³-hybridized carbons (Fsp3) is 1.00. The van der Waals surface area contributed by atoms with E-state index < -0.39 is 0 Å². The normalized spacial score (nSPS) is 7.20. The first-order valence-corrected chi connectivity index (χ1v) is 1.73. The van der Waals surface area contributed by atoms with Crippen molar-refractivity contribution in [3.05, 3.63) is 0 Å². The predicted molar refractivity (Wildman–Crippen MR) is 20.5 cm³/mol. The molecule has 0 N–H and O–H groups in total. The molecule has 1 radical (unpaired) electrons. The van der Waals surface area contributed by atoms with Crippen molar-refractivity contribution in [1.29, 1.82) is 0 Å². The molecule has 0 unspecified atom stereocenters. The summed E-state index contributed by atoms with van der Waals surface area (Å²) in [4.78, 5) is 0. The van der Waals surface area contributed by atoms with E-state index in [0.29, 0.717) is 0 Å². The maximum atomic E-state index is 2.17. The van der Waals surface area contributed by atoms with E-state index in [0.717, 1.165) is 5.92 Å². The molecule has 0 aliphatic heterocycles. The van der Waals surface area contributed by atoms with Crippen LogP contribution in [0, 0.1) is 5.92 Å². The molecule has 0 spiro atoms. The van der Waals surface area contributed by atoms with Crippen molar-refractivity contribution in [3.8, 4) is 0 Å². The minimum Gasteiger partial charge on any atom is -0.0630 e. The Morgan fingerprint density at radius 1 is 1.00 bits per heavy atom. The Morgan fingerprint density at radius 2 is 1.00 bits per heavy atom. The molecule has 0 fully saturated rings. The molecule has 0 heterocycles. The van der Waals surface area contributed by atoms with Gasteiger partial charge in [-0.3, -0.25) is 0 Å². The Kier molecular flexibility index (Phi) is 9.64. The minimum absolute atomic E-state index is 0. The molecule has 0 nitrogen and oxygen atoms in total. The molecule has 0 rings (SSSR count). The maximum absolute atomic E-state index is 2.17. The first-order chi connectivity index (χ1) is 1.73. The fourth-order valence-electron chi connectivity index (χ4n) is 0. The molecule has 5 heavy (non-hydrogen) atoms. The second-order valence-corrected chi connectivity index (χ2v) is 1.73. The standard InChI is InChI=1S/C4H10.Y/c1-4(2)3;/h4H,1-3H3;. The SMILES string of the molecule is CC(C)C.[Y]. The van der Waals surface area contributed by atoms with Gasteiger partial charge in [0.25, 0.3) is 0 Å². The molecule has 0 aliphatic rings. The average Bonchev–Trinajstić information content (AvgIpc) is 0.811. The zero-order valence-electron chi connectivity index (χ0n) is 4.15. The van der Waals surface area contributed by atoms with Crippen molar-refractivity contribution >= 4 is 0 Å². The topological polar surface area (TPSA) is 0 Å². The van der Waals surface area contributed by atoms with Crippen molar-refractivity contribution in [1.82, 2.24) is 0 Å². The van der Waals surface area contributed by atoms with Gasteiger partial charge in [-0.25, -0.2) is 0 Å². The van der Waals surface area contributed by atoms with Crippen LogP contribution in [0.3, 0.4) is 0 Å². The van der Waals surface area contributed by atoms with Crippen molar-refractivity contribution in [2.45, 2.75) is 20.8 Å². The third-order valence-corrected chi connectivity index (χ3v) is 0. The Hall–Kier alpha value is 1.10. The molecule has 29 valence electrons. The molecular weight excluding hydrogens is 137 g/mol. The Labute approximate surface area is 59.2 Å². The van der Waals surface area contributed by atoms with Gasteiger partial charge in [-0.2, -0.15) is 0 Å². The van der Waals surface area contributed by atoms with E-state index in [4.69, 9.17) is 0 Å². The van der Waals surface area contributed by atoms with Crippen LogP contribution in [-0.4, -0.2) is 0 Å². The van der Waals surface area contributed by atoms with Crippen LogP contribution in [0.25, 0.3) is 0 Å². The van der Waals surface area contributed by atoms with Crippen LogP contribution in [0.2, 0.25) is 0 Å². The van der Waals surface area contributed by atoms with Gasteiger partial charge < -0.3 is 0 Å². The van der Waals surface area contributed by atoms with Gasteiger partial charge in [-0.15, -0.1) is 0 Å². The summed E-state index contributed by atoms with van der Waals surface area (Å²) in [5.41, 5.74) is 0. The monoisotopic (exact) mass is 147 g/mol. The first kappa shape index (κ1) is 9.44. The van der Waals surface area contributed by atoms with Gasteiger partial charge in [0, 0.05) is 32.7 Å². The van der Waals surface area contributed by atoms with E-state index in [-0.39, 0.29) is 32.7 Å². The number of rotatable bonds is 0. The summed E-state index contributed by atoms with van der Waals surface area (Å²) >= 11 is 0. The molecule has 1 heteroatoms. The fourth-order valence-corrected chi connectivity index (χ4v) is 0. The minimum atomic E-state index is 0. The van der Waals surface area contributed by atoms with E-state index in [1.165, 1.54) is 0 Å². The zero-order chi connectivity index (χ0) is 3.58. The predicted octanol–water partition coefficient (Wildman–Crippen LogP) is 1.66. The third kappa shape index (κ3) is 40.4. The summed E-state index contributed by atoms with van der Waals surface area (Å²) in [5, 5.41) is 0. The third-order valence-electron chi connectivity index (χ3n) is 0. The molecule has 0 aromatic heterocycles. The molecule has 0 aromatic carbocycles. The maximum Gasteiger partial charge on any atom is 0 e. The van der Waals surface area contributed by atoms with E-state index in [1.54, 1.807) is 0 Å². The molecule has 0 saturated carbocycles. The van der Waals surface area contributed by atoms with E-state index in [2.05, 4.69) is 20.8 Å². The van der Waals surface area contributed by atoms with Gasteiger partial charge in [0.2, 0.25) is 0 Å². The molecule has 0 atom stereocenters. The average molecular weight is 147 g/mol. The summed E-state index contributed by atoms with van der Waals surface area (Å²) in [5.74, 6) is 0.833. The second kappa shape index (κ2) is 5.10.